The van der Waals surface area contributed by atoms with Crippen molar-refractivity contribution in [3.63, 3.8) is 0 Å². The van der Waals surface area contributed by atoms with Gasteiger partial charge in [0, 0.05) is 18.6 Å². The highest BCUT2D eigenvalue weighted by Gasteiger charge is 2.34. The number of benzene rings is 2. The van der Waals surface area contributed by atoms with E-state index in [1.165, 1.54) is 24.0 Å². The molecule has 0 aliphatic carbocycles. The van der Waals surface area contributed by atoms with Crippen molar-refractivity contribution in [3.05, 3.63) is 53.1 Å². The SMILES string of the molecule is COc1ccc(CCCN2CCCCC2C(C)N2CCc3cc(OC)c(OC)cc3CC2=O)cc1. The van der Waals surface area contributed by atoms with Crippen molar-refractivity contribution in [2.45, 2.75) is 64.0 Å². The van der Waals surface area contributed by atoms with Gasteiger partial charge in [-0.1, -0.05) is 18.6 Å². The number of likely N-dealkylation sites (tertiary alicyclic amines) is 1. The van der Waals surface area contributed by atoms with Gasteiger partial charge in [0.2, 0.25) is 5.91 Å². The minimum absolute atomic E-state index is 0.196. The molecule has 0 N–H and O–H groups in total. The molecule has 2 aliphatic heterocycles. The molecule has 1 fully saturated rings. The van der Waals surface area contributed by atoms with Crippen LogP contribution < -0.4 is 14.2 Å². The number of rotatable bonds is 9. The van der Waals surface area contributed by atoms with Gasteiger partial charge in [-0.3, -0.25) is 9.69 Å². The second-order valence-electron chi connectivity index (χ2n) is 9.78. The highest BCUT2D eigenvalue weighted by molar-refractivity contribution is 5.80. The average molecular weight is 481 g/mol. The molecule has 35 heavy (non-hydrogen) atoms. The Morgan fingerprint density at radius 3 is 2.34 bits per heavy atom. The Hall–Kier alpha value is -2.73. The molecule has 2 heterocycles. The third kappa shape index (κ3) is 5.92. The van der Waals surface area contributed by atoms with Gasteiger partial charge in [-0.05, 0) is 93.1 Å². The van der Waals surface area contributed by atoms with Crippen LogP contribution in [0.2, 0.25) is 0 Å². The highest BCUT2D eigenvalue weighted by atomic mass is 16.5. The van der Waals surface area contributed by atoms with Crippen molar-refractivity contribution in [1.82, 2.24) is 9.80 Å². The number of ether oxygens (including phenoxy) is 3. The summed E-state index contributed by atoms with van der Waals surface area (Å²) in [5.41, 5.74) is 3.59. The van der Waals surface area contributed by atoms with Crippen LogP contribution in [0, 0.1) is 0 Å². The van der Waals surface area contributed by atoms with Gasteiger partial charge >= 0.3 is 0 Å². The van der Waals surface area contributed by atoms with E-state index in [0.717, 1.165) is 62.4 Å². The van der Waals surface area contributed by atoms with Gasteiger partial charge in [-0.2, -0.15) is 0 Å². The number of fused-ring (bicyclic) bond motifs is 1. The van der Waals surface area contributed by atoms with Gasteiger partial charge in [0.1, 0.15) is 5.75 Å². The molecule has 2 aromatic rings. The Morgan fingerprint density at radius 1 is 0.943 bits per heavy atom. The van der Waals surface area contributed by atoms with E-state index < -0.39 is 0 Å². The molecule has 6 nitrogen and oxygen atoms in total. The van der Waals surface area contributed by atoms with Crippen LogP contribution in [-0.2, 0) is 24.1 Å². The van der Waals surface area contributed by atoms with Crippen LogP contribution in [0.3, 0.4) is 0 Å². The molecule has 2 aromatic carbocycles. The van der Waals surface area contributed by atoms with Crippen LogP contribution in [0.25, 0.3) is 0 Å². The summed E-state index contributed by atoms with van der Waals surface area (Å²) in [6, 6.07) is 13.0. The fourth-order valence-corrected chi connectivity index (χ4v) is 5.75. The molecule has 1 saturated heterocycles. The third-order valence-corrected chi connectivity index (χ3v) is 7.77. The largest absolute Gasteiger partial charge is 0.497 e. The minimum atomic E-state index is 0.196. The molecule has 4 rings (SSSR count). The van der Waals surface area contributed by atoms with Crippen LogP contribution in [0.4, 0.5) is 0 Å². The van der Waals surface area contributed by atoms with E-state index >= 15 is 0 Å². The van der Waals surface area contributed by atoms with Gasteiger partial charge in [0.25, 0.3) is 0 Å². The first-order valence-electron chi connectivity index (χ1n) is 12.9. The van der Waals surface area contributed by atoms with Gasteiger partial charge in [-0.25, -0.2) is 0 Å². The fraction of sp³-hybridized carbons (Fsp3) is 0.552. The fourth-order valence-electron chi connectivity index (χ4n) is 5.75. The van der Waals surface area contributed by atoms with Gasteiger partial charge in [0.15, 0.2) is 11.5 Å². The van der Waals surface area contributed by atoms with Gasteiger partial charge in [0.05, 0.1) is 27.8 Å². The first-order valence-corrected chi connectivity index (χ1v) is 12.9. The van der Waals surface area contributed by atoms with E-state index in [0.29, 0.717) is 18.2 Å². The first kappa shape index (κ1) is 25.4. The zero-order valence-electron chi connectivity index (χ0n) is 21.7. The molecule has 0 radical (unpaired) electrons. The van der Waals surface area contributed by atoms with Crippen molar-refractivity contribution in [3.8, 4) is 17.2 Å². The smallest absolute Gasteiger partial charge is 0.227 e. The number of amides is 1. The van der Waals surface area contributed by atoms with Crippen LogP contribution in [-0.4, -0.2) is 68.8 Å². The van der Waals surface area contributed by atoms with Gasteiger partial charge in [-0.15, -0.1) is 0 Å². The summed E-state index contributed by atoms with van der Waals surface area (Å²) >= 11 is 0. The van der Waals surface area contributed by atoms with Crippen LogP contribution >= 0.6 is 0 Å². The van der Waals surface area contributed by atoms with Gasteiger partial charge < -0.3 is 19.1 Å². The number of methoxy groups -OCH3 is 3. The molecule has 6 heteroatoms. The monoisotopic (exact) mass is 480 g/mol. The van der Waals surface area contributed by atoms with Crippen molar-refractivity contribution >= 4 is 5.91 Å². The summed E-state index contributed by atoms with van der Waals surface area (Å²) < 4.78 is 16.3. The molecule has 0 bridgehead atoms. The maximum atomic E-state index is 13.4. The summed E-state index contributed by atoms with van der Waals surface area (Å²) in [6.45, 7) is 5.19. The average Bonchev–Trinajstić information content (AvgIpc) is 3.05. The lowest BCUT2D eigenvalue weighted by atomic mass is 9.94. The van der Waals surface area contributed by atoms with E-state index in [2.05, 4.69) is 28.9 Å². The summed E-state index contributed by atoms with van der Waals surface area (Å²) in [7, 11) is 5.00. The number of nitrogens with zero attached hydrogens (tertiary/aromatic N) is 2. The maximum absolute atomic E-state index is 13.4. The highest BCUT2D eigenvalue weighted by Crippen LogP contribution is 2.33. The van der Waals surface area contributed by atoms with Crippen LogP contribution in [0.5, 0.6) is 17.2 Å². The predicted octanol–water partition coefficient (Wildman–Crippen LogP) is 4.52. The number of aryl methyl sites for hydroxylation is 1. The Morgan fingerprint density at radius 2 is 1.66 bits per heavy atom. The molecule has 0 aromatic heterocycles. The van der Waals surface area contributed by atoms with Crippen molar-refractivity contribution in [2.75, 3.05) is 41.0 Å². The summed E-state index contributed by atoms with van der Waals surface area (Å²) in [4.78, 5) is 18.2. The third-order valence-electron chi connectivity index (χ3n) is 7.77. The second kappa shape index (κ2) is 11.8. The number of hydrogen-bond donors (Lipinski definition) is 0. The first-order chi connectivity index (χ1) is 17.0. The van der Waals surface area contributed by atoms with Crippen molar-refractivity contribution < 1.29 is 19.0 Å². The minimum Gasteiger partial charge on any atom is -0.497 e. The number of carbonyl (C=O) groups excluding carboxylic acids is 1. The van der Waals surface area contributed by atoms with E-state index in [1.54, 1.807) is 21.3 Å². The Labute approximate surface area is 210 Å². The Kier molecular flexibility index (Phi) is 8.55. The normalized spacial score (nSPS) is 19.6. The lowest BCUT2D eigenvalue weighted by molar-refractivity contribution is -0.134. The molecule has 190 valence electrons. The summed E-state index contributed by atoms with van der Waals surface area (Å²) in [6.07, 6.45) is 7.07. The second-order valence-corrected chi connectivity index (χ2v) is 9.78. The van der Waals surface area contributed by atoms with E-state index in [-0.39, 0.29) is 11.9 Å². The summed E-state index contributed by atoms with van der Waals surface area (Å²) in [5, 5.41) is 0. The molecule has 0 spiro atoms. The zero-order valence-corrected chi connectivity index (χ0v) is 21.7. The number of piperidine rings is 1. The quantitative estimate of drug-likeness (QED) is 0.528. The number of carbonyl (C=O) groups is 1. The molecular formula is C29H40N2O4. The lowest BCUT2D eigenvalue weighted by Gasteiger charge is -2.43. The maximum Gasteiger partial charge on any atom is 0.227 e. The van der Waals surface area contributed by atoms with E-state index in [9.17, 15) is 4.79 Å². The Balaban J connectivity index is 1.40. The van der Waals surface area contributed by atoms with E-state index in [1.807, 2.05) is 24.3 Å². The standard InChI is InChI=1S/C29H40N2O4/c1-21(31-17-14-23-18-27(34-3)28(35-4)19-24(23)20-29(31)32)26-9-5-6-15-30(26)16-7-8-22-10-12-25(33-2)13-11-22/h10-13,18-19,21,26H,5-9,14-17,20H2,1-4H3. The number of hydrogen-bond acceptors (Lipinski definition) is 5. The van der Waals surface area contributed by atoms with Crippen molar-refractivity contribution in [1.29, 1.82) is 0 Å². The molecular weight excluding hydrogens is 440 g/mol. The topological polar surface area (TPSA) is 51.2 Å². The predicted molar refractivity (Wildman–Crippen MR) is 139 cm³/mol. The Bertz CT molecular complexity index is 991. The lowest BCUT2D eigenvalue weighted by Crippen LogP contribution is -2.54. The molecule has 1 amide bonds. The summed E-state index contributed by atoms with van der Waals surface area (Å²) in [5.74, 6) is 2.54. The van der Waals surface area contributed by atoms with Crippen LogP contribution in [0.15, 0.2) is 36.4 Å². The van der Waals surface area contributed by atoms with E-state index in [4.69, 9.17) is 14.2 Å². The molecule has 0 saturated carbocycles. The molecule has 2 atom stereocenters. The molecule has 2 unspecified atom stereocenters. The zero-order chi connectivity index (χ0) is 24.8. The van der Waals surface area contributed by atoms with Crippen LogP contribution in [0.1, 0.15) is 49.3 Å². The molecule has 2 aliphatic rings. The van der Waals surface area contributed by atoms with Crippen molar-refractivity contribution in [2.24, 2.45) is 0 Å².